The fourth-order valence-corrected chi connectivity index (χ4v) is 5.42. The van der Waals surface area contributed by atoms with Gasteiger partial charge >= 0.3 is 0 Å². The molecule has 0 bridgehead atoms. The van der Waals surface area contributed by atoms with E-state index < -0.39 is 0 Å². The van der Waals surface area contributed by atoms with Crippen LogP contribution in [0, 0.1) is 29.4 Å². The molecule has 0 amide bonds. The van der Waals surface area contributed by atoms with Crippen LogP contribution in [0.3, 0.4) is 0 Å². The lowest BCUT2D eigenvalue weighted by atomic mass is 9.69. The minimum Gasteiger partial charge on any atom is -0.207 e. The van der Waals surface area contributed by atoms with Crippen LogP contribution >= 0.6 is 0 Å². The molecule has 0 nitrogen and oxygen atoms in total. The van der Waals surface area contributed by atoms with Crippen molar-refractivity contribution in [3.05, 3.63) is 59.2 Å². The number of halogens is 2. The maximum atomic E-state index is 14.8. The summed E-state index contributed by atoms with van der Waals surface area (Å²) in [5.74, 6) is 2.03. The smallest absolute Gasteiger partial charge is 0.131 e. The Labute approximate surface area is 162 Å². The molecule has 2 aromatic rings. The van der Waals surface area contributed by atoms with E-state index in [1.807, 2.05) is 6.07 Å². The second-order valence-corrected chi connectivity index (χ2v) is 8.68. The second kappa shape index (κ2) is 8.12. The predicted octanol–water partition coefficient (Wildman–Crippen LogP) is 7.34. The molecule has 2 aliphatic carbocycles. The first-order chi connectivity index (χ1) is 13.1. The fourth-order valence-electron chi connectivity index (χ4n) is 5.42. The molecule has 1 unspecified atom stereocenters. The van der Waals surface area contributed by atoms with Crippen LogP contribution in [-0.4, -0.2) is 0 Å². The van der Waals surface area contributed by atoms with Gasteiger partial charge < -0.3 is 0 Å². The van der Waals surface area contributed by atoms with Crippen LogP contribution in [-0.2, 0) is 12.8 Å². The average Bonchev–Trinajstić information content (AvgIpc) is 2.69. The highest BCUT2D eigenvalue weighted by Crippen LogP contribution is 2.41. The fraction of sp³-hybridized carbons (Fsp3) is 0.520. The normalized spacial score (nSPS) is 25.2. The maximum absolute atomic E-state index is 14.8. The molecule has 0 radical (unpaired) electrons. The van der Waals surface area contributed by atoms with Gasteiger partial charge in [-0.15, -0.1) is 0 Å². The first-order valence-electron chi connectivity index (χ1n) is 10.7. The molecule has 2 heteroatoms. The largest absolute Gasteiger partial charge is 0.207 e. The third-order valence-electron chi connectivity index (χ3n) is 6.97. The number of benzene rings is 2. The van der Waals surface area contributed by atoms with E-state index in [0.29, 0.717) is 5.56 Å². The Morgan fingerprint density at radius 1 is 0.852 bits per heavy atom. The van der Waals surface area contributed by atoms with Gasteiger partial charge in [0, 0.05) is 5.56 Å². The quantitative estimate of drug-likeness (QED) is 0.529. The van der Waals surface area contributed by atoms with Crippen molar-refractivity contribution in [2.24, 2.45) is 17.8 Å². The van der Waals surface area contributed by atoms with E-state index in [1.54, 1.807) is 18.2 Å². The third kappa shape index (κ3) is 4.10. The van der Waals surface area contributed by atoms with E-state index in [4.69, 9.17) is 0 Å². The van der Waals surface area contributed by atoms with Gasteiger partial charge in [-0.25, -0.2) is 8.78 Å². The van der Waals surface area contributed by atoms with Crippen molar-refractivity contribution in [3.8, 4) is 11.1 Å². The summed E-state index contributed by atoms with van der Waals surface area (Å²) in [6.07, 6.45) is 11.5. The van der Waals surface area contributed by atoms with E-state index in [9.17, 15) is 8.78 Å². The van der Waals surface area contributed by atoms with Crippen molar-refractivity contribution >= 4 is 0 Å². The molecule has 0 N–H and O–H groups in total. The average molecular weight is 369 g/mol. The Bertz CT molecular complexity index is 770. The maximum Gasteiger partial charge on any atom is 0.131 e. The Kier molecular flexibility index (Phi) is 5.61. The van der Waals surface area contributed by atoms with Crippen molar-refractivity contribution in [3.63, 3.8) is 0 Å². The molecular weight excluding hydrogens is 338 g/mol. The van der Waals surface area contributed by atoms with Crippen molar-refractivity contribution in [2.75, 3.05) is 0 Å². The summed E-state index contributed by atoms with van der Waals surface area (Å²) in [7, 11) is 0. The summed E-state index contributed by atoms with van der Waals surface area (Å²) in [5.41, 5.74) is 3.84. The van der Waals surface area contributed by atoms with Gasteiger partial charge in [0.15, 0.2) is 0 Å². The van der Waals surface area contributed by atoms with Crippen LogP contribution < -0.4 is 0 Å². The zero-order chi connectivity index (χ0) is 18.8. The number of hydrogen-bond donors (Lipinski definition) is 0. The molecule has 2 aromatic carbocycles. The van der Waals surface area contributed by atoms with Crippen LogP contribution in [0.1, 0.15) is 63.0 Å². The molecule has 27 heavy (non-hydrogen) atoms. The summed E-state index contributed by atoms with van der Waals surface area (Å²) >= 11 is 0. The molecule has 0 spiro atoms. The Balaban J connectivity index is 1.48. The van der Waals surface area contributed by atoms with Crippen molar-refractivity contribution in [1.82, 2.24) is 0 Å². The van der Waals surface area contributed by atoms with Crippen LogP contribution in [0.25, 0.3) is 11.1 Å². The number of hydrogen-bond acceptors (Lipinski definition) is 0. The predicted molar refractivity (Wildman–Crippen MR) is 108 cm³/mol. The SMILES string of the molecule is CCCC1CCC(C2CCc3cc(-c4ccc(F)cc4)c(F)cc3C2)CC1. The van der Waals surface area contributed by atoms with Gasteiger partial charge in [-0.1, -0.05) is 44.7 Å². The van der Waals surface area contributed by atoms with Crippen LogP contribution in [0.4, 0.5) is 8.78 Å². The Hall–Kier alpha value is -1.70. The molecule has 0 aliphatic heterocycles. The van der Waals surface area contributed by atoms with Crippen molar-refractivity contribution in [2.45, 2.75) is 64.7 Å². The molecule has 0 heterocycles. The van der Waals surface area contributed by atoms with Gasteiger partial charge in [0.05, 0.1) is 0 Å². The minimum absolute atomic E-state index is 0.173. The highest BCUT2D eigenvalue weighted by atomic mass is 19.1. The Morgan fingerprint density at radius 3 is 2.30 bits per heavy atom. The monoisotopic (exact) mass is 368 g/mol. The summed E-state index contributed by atoms with van der Waals surface area (Å²) < 4.78 is 27.9. The van der Waals surface area contributed by atoms with E-state index >= 15 is 0 Å². The number of fused-ring (bicyclic) bond motifs is 1. The van der Waals surface area contributed by atoms with Gasteiger partial charge in [-0.3, -0.25) is 0 Å². The first kappa shape index (κ1) is 18.7. The molecule has 1 saturated carbocycles. The lowest BCUT2D eigenvalue weighted by Crippen LogP contribution is -2.26. The zero-order valence-corrected chi connectivity index (χ0v) is 16.3. The summed E-state index contributed by atoms with van der Waals surface area (Å²) in [6.45, 7) is 2.29. The number of rotatable bonds is 4. The summed E-state index contributed by atoms with van der Waals surface area (Å²) in [4.78, 5) is 0. The zero-order valence-electron chi connectivity index (χ0n) is 16.3. The molecule has 1 fully saturated rings. The number of aryl methyl sites for hydroxylation is 1. The molecule has 144 valence electrons. The highest BCUT2D eigenvalue weighted by Gasteiger charge is 2.30. The molecule has 1 atom stereocenters. The third-order valence-corrected chi connectivity index (χ3v) is 6.97. The summed E-state index contributed by atoms with van der Waals surface area (Å²) in [5, 5.41) is 0. The van der Waals surface area contributed by atoms with Crippen molar-refractivity contribution in [1.29, 1.82) is 0 Å². The van der Waals surface area contributed by atoms with Crippen molar-refractivity contribution < 1.29 is 8.78 Å². The van der Waals surface area contributed by atoms with Crippen LogP contribution in [0.5, 0.6) is 0 Å². The van der Waals surface area contributed by atoms with Gasteiger partial charge in [0.1, 0.15) is 11.6 Å². The molecule has 2 aliphatic rings. The lowest BCUT2D eigenvalue weighted by molar-refractivity contribution is 0.184. The molecule has 4 rings (SSSR count). The summed E-state index contributed by atoms with van der Waals surface area (Å²) in [6, 6.07) is 9.90. The topological polar surface area (TPSA) is 0 Å². The molecule has 0 aromatic heterocycles. The lowest BCUT2D eigenvalue weighted by Gasteiger charge is -2.36. The molecular formula is C25H30F2. The first-order valence-corrected chi connectivity index (χ1v) is 10.7. The van der Waals surface area contributed by atoms with Crippen LogP contribution in [0.15, 0.2) is 36.4 Å². The standard InChI is InChI=1S/C25H30F2/c1-2-3-17-4-6-18(7-5-17)20-8-9-21-15-24(25(27)16-22(21)14-20)19-10-12-23(26)13-11-19/h10-13,15-18,20H,2-9,14H2,1H3. The van der Waals surface area contributed by atoms with E-state index in [1.165, 1.54) is 68.2 Å². The van der Waals surface area contributed by atoms with Gasteiger partial charge in [-0.2, -0.15) is 0 Å². The Morgan fingerprint density at radius 2 is 1.59 bits per heavy atom. The molecule has 0 saturated heterocycles. The van der Waals surface area contributed by atoms with Gasteiger partial charge in [0.25, 0.3) is 0 Å². The van der Waals surface area contributed by atoms with Gasteiger partial charge in [0.2, 0.25) is 0 Å². The highest BCUT2D eigenvalue weighted by molar-refractivity contribution is 5.66. The second-order valence-electron chi connectivity index (χ2n) is 8.68. The van der Waals surface area contributed by atoms with E-state index in [-0.39, 0.29) is 11.6 Å². The minimum atomic E-state index is -0.284. The van der Waals surface area contributed by atoms with Crippen LogP contribution in [0.2, 0.25) is 0 Å². The van der Waals surface area contributed by atoms with Gasteiger partial charge in [-0.05, 0) is 90.8 Å². The van der Waals surface area contributed by atoms with E-state index in [2.05, 4.69) is 6.92 Å². The van der Waals surface area contributed by atoms with E-state index in [0.717, 1.165) is 36.2 Å².